The number of anilines is 1. The van der Waals surface area contributed by atoms with Crippen molar-refractivity contribution >= 4 is 5.69 Å². The molecule has 1 aromatic carbocycles. The van der Waals surface area contributed by atoms with Gasteiger partial charge in [0.05, 0.1) is 0 Å². The van der Waals surface area contributed by atoms with Gasteiger partial charge in [0.15, 0.2) is 0 Å². The van der Waals surface area contributed by atoms with Crippen LogP contribution in [0.5, 0.6) is 0 Å². The molecule has 19 heavy (non-hydrogen) atoms. The van der Waals surface area contributed by atoms with Crippen LogP contribution < -0.4 is 10.2 Å². The van der Waals surface area contributed by atoms with E-state index < -0.39 is 0 Å². The van der Waals surface area contributed by atoms with Gasteiger partial charge >= 0.3 is 0 Å². The standard InChI is InChI=1S/C17H26N2/c1-19(13-14-8-10-18-11-9-14)17-7-6-15-4-2-3-5-16(15)12-17/h6-7,12,14,18H,2-5,8-11,13H2,1H3. The Bertz CT molecular complexity index is 421. The minimum atomic E-state index is 0.863. The second-order valence-corrected chi connectivity index (χ2v) is 6.23. The van der Waals surface area contributed by atoms with Crippen molar-refractivity contribution in [2.24, 2.45) is 5.92 Å². The summed E-state index contributed by atoms with van der Waals surface area (Å²) in [6.45, 7) is 3.60. The minimum absolute atomic E-state index is 0.863. The SMILES string of the molecule is CN(CC1CCNCC1)c1ccc2c(c1)CCCC2. The normalized spacial score (nSPS) is 20.1. The van der Waals surface area contributed by atoms with Crippen LogP contribution in [0.15, 0.2) is 18.2 Å². The van der Waals surface area contributed by atoms with E-state index in [0.29, 0.717) is 0 Å². The zero-order chi connectivity index (χ0) is 13.1. The number of nitrogens with zero attached hydrogens (tertiary/aromatic N) is 1. The van der Waals surface area contributed by atoms with E-state index in [1.807, 2.05) is 0 Å². The highest BCUT2D eigenvalue weighted by Gasteiger charge is 2.16. The lowest BCUT2D eigenvalue weighted by atomic mass is 9.91. The van der Waals surface area contributed by atoms with E-state index in [2.05, 4.69) is 35.5 Å². The van der Waals surface area contributed by atoms with Crippen molar-refractivity contribution in [2.45, 2.75) is 38.5 Å². The Kier molecular flexibility index (Phi) is 4.07. The molecule has 1 N–H and O–H groups in total. The van der Waals surface area contributed by atoms with Gasteiger partial charge in [0.1, 0.15) is 0 Å². The number of hydrogen-bond donors (Lipinski definition) is 1. The maximum absolute atomic E-state index is 3.45. The van der Waals surface area contributed by atoms with Crippen molar-refractivity contribution in [3.05, 3.63) is 29.3 Å². The molecule has 104 valence electrons. The van der Waals surface area contributed by atoms with Gasteiger partial charge in [-0.15, -0.1) is 0 Å². The first-order chi connectivity index (χ1) is 9.33. The molecule has 0 aromatic heterocycles. The molecule has 1 aromatic rings. The number of hydrogen-bond acceptors (Lipinski definition) is 2. The fraction of sp³-hybridized carbons (Fsp3) is 0.647. The number of nitrogens with one attached hydrogen (secondary N) is 1. The fourth-order valence-electron chi connectivity index (χ4n) is 3.51. The topological polar surface area (TPSA) is 15.3 Å². The van der Waals surface area contributed by atoms with Crippen LogP contribution >= 0.6 is 0 Å². The summed E-state index contributed by atoms with van der Waals surface area (Å²) in [5, 5.41) is 3.45. The lowest BCUT2D eigenvalue weighted by molar-refractivity contribution is 0.378. The van der Waals surface area contributed by atoms with Crippen LogP contribution in [0.1, 0.15) is 36.8 Å². The zero-order valence-electron chi connectivity index (χ0n) is 12.1. The summed E-state index contributed by atoms with van der Waals surface area (Å²) < 4.78 is 0. The first-order valence-electron chi connectivity index (χ1n) is 7.86. The number of aryl methyl sites for hydroxylation is 2. The van der Waals surface area contributed by atoms with E-state index in [-0.39, 0.29) is 0 Å². The van der Waals surface area contributed by atoms with Gasteiger partial charge in [-0.05, 0) is 80.8 Å². The molecule has 0 spiro atoms. The van der Waals surface area contributed by atoms with Crippen molar-refractivity contribution in [1.82, 2.24) is 5.32 Å². The van der Waals surface area contributed by atoms with Gasteiger partial charge < -0.3 is 10.2 Å². The Morgan fingerprint density at radius 2 is 1.84 bits per heavy atom. The van der Waals surface area contributed by atoms with E-state index in [4.69, 9.17) is 0 Å². The average molecular weight is 258 g/mol. The van der Waals surface area contributed by atoms with Crippen LogP contribution in [-0.4, -0.2) is 26.7 Å². The Hall–Kier alpha value is -1.02. The Balaban J connectivity index is 1.67. The van der Waals surface area contributed by atoms with Crippen LogP contribution in [0.4, 0.5) is 5.69 Å². The van der Waals surface area contributed by atoms with Gasteiger partial charge in [-0.2, -0.15) is 0 Å². The van der Waals surface area contributed by atoms with E-state index in [9.17, 15) is 0 Å². The Morgan fingerprint density at radius 3 is 2.63 bits per heavy atom. The summed E-state index contributed by atoms with van der Waals surface area (Å²) in [6, 6.07) is 7.13. The van der Waals surface area contributed by atoms with Gasteiger partial charge in [0, 0.05) is 19.3 Å². The molecule has 0 saturated carbocycles. The molecule has 0 atom stereocenters. The highest BCUT2D eigenvalue weighted by atomic mass is 15.1. The molecule has 1 saturated heterocycles. The summed E-state index contributed by atoms with van der Waals surface area (Å²) in [4.78, 5) is 2.46. The summed E-state index contributed by atoms with van der Waals surface area (Å²) in [6.07, 6.45) is 7.97. The maximum Gasteiger partial charge on any atom is 0.0366 e. The van der Waals surface area contributed by atoms with E-state index >= 15 is 0 Å². The molecular formula is C17H26N2. The second-order valence-electron chi connectivity index (χ2n) is 6.23. The third kappa shape index (κ3) is 3.11. The smallest absolute Gasteiger partial charge is 0.0366 e. The van der Waals surface area contributed by atoms with Crippen LogP contribution in [-0.2, 0) is 12.8 Å². The number of piperidine rings is 1. The second kappa shape index (κ2) is 5.96. The van der Waals surface area contributed by atoms with Crippen molar-refractivity contribution < 1.29 is 0 Å². The van der Waals surface area contributed by atoms with Crippen molar-refractivity contribution in [3.63, 3.8) is 0 Å². The molecule has 0 radical (unpaired) electrons. The molecule has 1 aliphatic heterocycles. The third-order valence-corrected chi connectivity index (χ3v) is 4.76. The molecule has 0 bridgehead atoms. The summed E-state index contributed by atoms with van der Waals surface area (Å²) in [7, 11) is 2.26. The molecule has 2 aliphatic rings. The first kappa shape index (κ1) is 13.0. The van der Waals surface area contributed by atoms with Gasteiger partial charge in [-0.3, -0.25) is 0 Å². The van der Waals surface area contributed by atoms with Crippen LogP contribution in [0.25, 0.3) is 0 Å². The zero-order valence-corrected chi connectivity index (χ0v) is 12.1. The van der Waals surface area contributed by atoms with Gasteiger partial charge in [0.2, 0.25) is 0 Å². The molecule has 2 heteroatoms. The van der Waals surface area contributed by atoms with E-state index in [1.165, 1.54) is 63.8 Å². The van der Waals surface area contributed by atoms with Crippen molar-refractivity contribution in [3.8, 4) is 0 Å². The van der Waals surface area contributed by atoms with Gasteiger partial charge in [-0.25, -0.2) is 0 Å². The highest BCUT2D eigenvalue weighted by molar-refractivity contribution is 5.51. The van der Waals surface area contributed by atoms with E-state index in [0.717, 1.165) is 5.92 Å². The summed E-state index contributed by atoms with van der Waals surface area (Å²) in [5.41, 5.74) is 4.60. The Labute approximate surface area is 117 Å². The number of rotatable bonds is 3. The van der Waals surface area contributed by atoms with Gasteiger partial charge in [-0.1, -0.05) is 6.07 Å². The molecular weight excluding hydrogens is 232 g/mol. The molecule has 1 heterocycles. The van der Waals surface area contributed by atoms with Crippen LogP contribution in [0, 0.1) is 5.92 Å². The quantitative estimate of drug-likeness (QED) is 0.896. The predicted molar refractivity (Wildman–Crippen MR) is 81.9 cm³/mol. The van der Waals surface area contributed by atoms with Crippen molar-refractivity contribution in [1.29, 1.82) is 0 Å². The molecule has 0 unspecified atom stereocenters. The number of benzene rings is 1. The predicted octanol–water partition coefficient (Wildman–Crippen LogP) is 3.00. The summed E-state index contributed by atoms with van der Waals surface area (Å²) >= 11 is 0. The van der Waals surface area contributed by atoms with Gasteiger partial charge in [0.25, 0.3) is 0 Å². The maximum atomic E-state index is 3.45. The molecule has 2 nitrogen and oxygen atoms in total. The lowest BCUT2D eigenvalue weighted by Gasteiger charge is -2.29. The first-order valence-corrected chi connectivity index (χ1v) is 7.86. The molecule has 1 fully saturated rings. The van der Waals surface area contributed by atoms with E-state index in [1.54, 1.807) is 11.1 Å². The lowest BCUT2D eigenvalue weighted by Crippen LogP contribution is -2.34. The van der Waals surface area contributed by atoms with Crippen LogP contribution in [0.3, 0.4) is 0 Å². The van der Waals surface area contributed by atoms with Crippen molar-refractivity contribution in [2.75, 3.05) is 31.6 Å². The molecule has 3 rings (SSSR count). The van der Waals surface area contributed by atoms with Crippen LogP contribution in [0.2, 0.25) is 0 Å². The monoisotopic (exact) mass is 258 g/mol. The highest BCUT2D eigenvalue weighted by Crippen LogP contribution is 2.26. The third-order valence-electron chi connectivity index (χ3n) is 4.76. The molecule has 0 amide bonds. The fourth-order valence-corrected chi connectivity index (χ4v) is 3.51. The number of fused-ring (bicyclic) bond motifs is 1. The minimum Gasteiger partial charge on any atom is -0.374 e. The average Bonchev–Trinajstić information content (AvgIpc) is 2.48. The molecule has 1 aliphatic carbocycles. The Morgan fingerprint density at radius 1 is 1.11 bits per heavy atom. The largest absolute Gasteiger partial charge is 0.374 e. The summed E-state index contributed by atoms with van der Waals surface area (Å²) in [5.74, 6) is 0.863.